The Kier molecular flexibility index (Phi) is 10.5. The fraction of sp³-hybridized carbons (Fsp3) is 0.286. The molecule has 0 spiro atoms. The maximum Gasteiger partial charge on any atom is 0.435 e. The van der Waals surface area contributed by atoms with Gasteiger partial charge in [0.2, 0.25) is 0 Å². The molecule has 4 heterocycles. The van der Waals surface area contributed by atoms with E-state index in [2.05, 4.69) is 31.3 Å². The van der Waals surface area contributed by atoms with Crippen LogP contribution in [0, 0.1) is 0 Å². The van der Waals surface area contributed by atoms with E-state index in [1.54, 1.807) is 12.1 Å². The third kappa shape index (κ3) is 6.75. The number of rotatable bonds is 7. The zero-order valence-electron chi connectivity index (χ0n) is 22.7. The lowest BCUT2D eigenvalue weighted by molar-refractivity contribution is -0.141. The van der Waals surface area contributed by atoms with Crippen molar-refractivity contribution in [2.24, 2.45) is 0 Å². The molecule has 5 rings (SSSR count). The van der Waals surface area contributed by atoms with Gasteiger partial charge in [0.15, 0.2) is 17.2 Å². The Labute approximate surface area is 260 Å². The summed E-state index contributed by atoms with van der Waals surface area (Å²) < 4.78 is 56.7. The first-order valence-corrected chi connectivity index (χ1v) is 17.1. The van der Waals surface area contributed by atoms with Crippen LogP contribution >= 0.6 is 41.5 Å². The number of thiophene rings is 1. The fourth-order valence-electron chi connectivity index (χ4n) is 4.20. The van der Waals surface area contributed by atoms with Gasteiger partial charge in [-0.3, -0.25) is 0 Å². The van der Waals surface area contributed by atoms with Crippen molar-refractivity contribution in [3.05, 3.63) is 70.5 Å². The molecule has 0 saturated heterocycles. The van der Waals surface area contributed by atoms with E-state index in [-0.39, 0.29) is 29.2 Å². The zero-order chi connectivity index (χ0) is 30.4. The number of pyridine rings is 1. The summed E-state index contributed by atoms with van der Waals surface area (Å²) in [6.07, 6.45) is -2.87. The minimum atomic E-state index is -4.65. The van der Waals surface area contributed by atoms with Gasteiger partial charge in [-0.15, -0.1) is 11.3 Å². The van der Waals surface area contributed by atoms with E-state index in [1.807, 2.05) is 25.3 Å². The number of benzene rings is 1. The van der Waals surface area contributed by atoms with Crippen LogP contribution in [-0.4, -0.2) is 52.8 Å². The van der Waals surface area contributed by atoms with Gasteiger partial charge in [-0.05, 0) is 68.5 Å². The van der Waals surface area contributed by atoms with Crippen LogP contribution in [0.2, 0.25) is 0 Å². The molecule has 0 radical (unpaired) electrons. The van der Waals surface area contributed by atoms with Gasteiger partial charge in [0.1, 0.15) is 12.4 Å². The van der Waals surface area contributed by atoms with Crippen molar-refractivity contribution in [3.8, 4) is 33.1 Å². The van der Waals surface area contributed by atoms with Crippen molar-refractivity contribution < 1.29 is 37.0 Å². The number of esters is 2. The molecule has 0 fully saturated rings. The Morgan fingerprint density at radius 3 is 2.60 bits per heavy atom. The summed E-state index contributed by atoms with van der Waals surface area (Å²) in [5.41, 5.74) is 1.20. The van der Waals surface area contributed by atoms with E-state index in [0.717, 1.165) is 40.1 Å². The quantitative estimate of drug-likeness (QED) is 0.109. The van der Waals surface area contributed by atoms with Crippen LogP contribution in [-0.2, 0) is 22.1 Å². The van der Waals surface area contributed by atoms with Crippen LogP contribution in [0.25, 0.3) is 27.4 Å². The SMILES string of the molecule is CC.COC(=O)c1nc(-n2ccc(C(F)(F)F)n2)ccc1-c1cc2c(cc1C(=O)OCCSI)-c1sccc1CCO2. The van der Waals surface area contributed by atoms with Gasteiger partial charge in [-0.1, -0.05) is 22.8 Å². The second-order valence-corrected chi connectivity index (χ2v) is 11.8. The molecule has 0 saturated carbocycles. The van der Waals surface area contributed by atoms with Gasteiger partial charge < -0.3 is 14.2 Å². The van der Waals surface area contributed by atoms with Crippen molar-refractivity contribution in [1.82, 2.24) is 14.8 Å². The number of fused-ring (bicyclic) bond motifs is 3. The predicted octanol–water partition coefficient (Wildman–Crippen LogP) is 7.67. The van der Waals surface area contributed by atoms with Gasteiger partial charge >= 0.3 is 18.1 Å². The molecule has 1 aliphatic rings. The van der Waals surface area contributed by atoms with E-state index in [9.17, 15) is 22.8 Å². The number of ether oxygens (including phenoxy) is 3. The number of hydrogen-bond donors (Lipinski definition) is 0. The van der Waals surface area contributed by atoms with E-state index in [0.29, 0.717) is 30.1 Å². The van der Waals surface area contributed by atoms with Gasteiger partial charge in [-0.25, -0.2) is 19.3 Å². The summed E-state index contributed by atoms with van der Waals surface area (Å²) in [5, 5.41) is 5.51. The highest BCUT2D eigenvalue weighted by atomic mass is 127. The molecule has 3 aromatic heterocycles. The first kappa shape index (κ1) is 31.8. The summed E-state index contributed by atoms with van der Waals surface area (Å²) in [6, 6.07) is 9.05. The van der Waals surface area contributed by atoms with E-state index in [4.69, 9.17) is 14.2 Å². The molecule has 0 amide bonds. The van der Waals surface area contributed by atoms with Crippen LogP contribution in [0.1, 0.15) is 46.0 Å². The largest absolute Gasteiger partial charge is 0.493 e. The van der Waals surface area contributed by atoms with E-state index < -0.39 is 23.8 Å². The second kappa shape index (κ2) is 13.9. The van der Waals surface area contributed by atoms with Crippen LogP contribution in [0.3, 0.4) is 0 Å². The number of nitrogens with zero attached hydrogens (tertiary/aromatic N) is 3. The third-order valence-corrected chi connectivity index (χ3v) is 8.65. The lowest BCUT2D eigenvalue weighted by atomic mass is 9.94. The van der Waals surface area contributed by atoms with E-state index in [1.165, 1.54) is 32.4 Å². The number of carbonyl (C=O) groups excluding carboxylic acids is 2. The highest BCUT2D eigenvalue weighted by molar-refractivity contribution is 14.2. The maximum atomic E-state index is 13.3. The lowest BCUT2D eigenvalue weighted by Crippen LogP contribution is -2.14. The second-order valence-electron chi connectivity index (χ2n) is 8.42. The summed E-state index contributed by atoms with van der Waals surface area (Å²) >= 11 is 3.63. The molecule has 0 bridgehead atoms. The molecule has 1 aromatic carbocycles. The standard InChI is InChI=1S/C26H19F3IN3O5S2.C2H6/c1-36-25(35)22-15(2-3-21(31-22)33-7-4-20(32-33)26(27,28)29)16-13-19-18(12-17(16)24(34)38-9-11-40-30)23-14(5-8-37-19)6-10-39-23;1-2/h2-4,6-7,10,12-13H,5,8-9,11H2,1H3;1-2H3. The summed E-state index contributed by atoms with van der Waals surface area (Å²) in [5.74, 6) is -0.406. The molecule has 0 aliphatic carbocycles. The topological polar surface area (TPSA) is 92.5 Å². The Hall–Kier alpha value is -3.11. The minimum Gasteiger partial charge on any atom is -0.493 e. The smallest absolute Gasteiger partial charge is 0.435 e. The van der Waals surface area contributed by atoms with Crippen molar-refractivity contribution in [3.63, 3.8) is 0 Å². The molecule has 0 atom stereocenters. The monoisotopic (exact) mass is 731 g/mol. The molecular formula is C28H25F3IN3O5S2. The highest BCUT2D eigenvalue weighted by Crippen LogP contribution is 2.43. The molecule has 42 heavy (non-hydrogen) atoms. The van der Waals surface area contributed by atoms with E-state index >= 15 is 0 Å². The molecule has 14 heteroatoms. The molecule has 222 valence electrons. The molecule has 8 nitrogen and oxygen atoms in total. The number of halogens is 4. The van der Waals surface area contributed by atoms with Crippen LogP contribution in [0.5, 0.6) is 5.75 Å². The summed E-state index contributed by atoms with van der Waals surface area (Å²) in [7, 11) is 2.65. The Morgan fingerprint density at radius 2 is 1.90 bits per heavy atom. The highest BCUT2D eigenvalue weighted by Gasteiger charge is 2.34. The molecular weight excluding hydrogens is 706 g/mol. The van der Waals surface area contributed by atoms with Crippen molar-refractivity contribution in [2.45, 2.75) is 26.4 Å². The first-order chi connectivity index (χ1) is 20.2. The number of alkyl halides is 3. The van der Waals surface area contributed by atoms with Crippen molar-refractivity contribution >= 4 is 53.4 Å². The first-order valence-electron chi connectivity index (χ1n) is 12.7. The zero-order valence-corrected chi connectivity index (χ0v) is 26.4. The van der Waals surface area contributed by atoms with Crippen LogP contribution < -0.4 is 4.74 Å². The molecule has 4 aromatic rings. The molecule has 0 unspecified atom stereocenters. The van der Waals surface area contributed by atoms with Gasteiger partial charge in [-0.2, -0.15) is 18.3 Å². The predicted molar refractivity (Wildman–Crippen MR) is 164 cm³/mol. The maximum absolute atomic E-state index is 13.3. The molecule has 1 aliphatic heterocycles. The Morgan fingerprint density at radius 1 is 1.12 bits per heavy atom. The van der Waals surface area contributed by atoms with Gasteiger partial charge in [0, 0.05) is 39.9 Å². The number of aromatic nitrogens is 3. The fourth-order valence-corrected chi connectivity index (χ4v) is 5.86. The average Bonchev–Trinajstić information content (AvgIpc) is 3.65. The summed E-state index contributed by atoms with van der Waals surface area (Å²) in [6.45, 7) is 4.58. The number of hydrogen-bond acceptors (Lipinski definition) is 9. The number of carbonyl (C=O) groups is 2. The summed E-state index contributed by atoms with van der Waals surface area (Å²) in [4.78, 5) is 31.5. The van der Waals surface area contributed by atoms with Crippen molar-refractivity contribution in [1.29, 1.82) is 0 Å². The Bertz CT molecular complexity index is 1590. The number of methoxy groups -OCH3 is 1. The van der Waals surface area contributed by atoms with Crippen LogP contribution in [0.15, 0.2) is 48.0 Å². The Balaban J connectivity index is 0.00000198. The van der Waals surface area contributed by atoms with Gasteiger partial charge in [0.05, 0.1) is 19.3 Å². The van der Waals surface area contributed by atoms with Gasteiger partial charge in [0.25, 0.3) is 0 Å². The minimum absolute atomic E-state index is 0.0444. The van der Waals surface area contributed by atoms with Crippen LogP contribution in [0.4, 0.5) is 13.2 Å². The average molecular weight is 732 g/mol. The van der Waals surface area contributed by atoms with Crippen molar-refractivity contribution in [2.75, 3.05) is 26.1 Å². The third-order valence-electron chi connectivity index (χ3n) is 6.02. The lowest BCUT2D eigenvalue weighted by Gasteiger charge is -2.17. The molecule has 0 N–H and O–H groups in total. The normalized spacial score (nSPS) is 12.2.